The van der Waals surface area contributed by atoms with Gasteiger partial charge in [-0.2, -0.15) is 0 Å². The summed E-state index contributed by atoms with van der Waals surface area (Å²) in [4.78, 5) is 0. The summed E-state index contributed by atoms with van der Waals surface area (Å²) in [5, 5.41) is 3.32. The van der Waals surface area contributed by atoms with Crippen LogP contribution in [0.2, 0.25) is 0 Å². The van der Waals surface area contributed by atoms with Crippen LogP contribution in [0.3, 0.4) is 0 Å². The Labute approximate surface area is 110 Å². The van der Waals surface area contributed by atoms with Crippen molar-refractivity contribution in [1.82, 2.24) is 5.32 Å². The zero-order chi connectivity index (χ0) is 11.2. The van der Waals surface area contributed by atoms with Gasteiger partial charge >= 0.3 is 0 Å². The lowest BCUT2D eigenvalue weighted by atomic mass is 10.3. The molecule has 4 heteroatoms. The highest BCUT2D eigenvalue weighted by molar-refractivity contribution is 14.1. The average molecular weight is 335 g/mol. The third-order valence-electron chi connectivity index (χ3n) is 2.86. The van der Waals surface area contributed by atoms with Crippen molar-refractivity contribution in [3.05, 3.63) is 21.7 Å². The first-order chi connectivity index (χ1) is 7.84. The van der Waals surface area contributed by atoms with E-state index in [1.54, 1.807) is 0 Å². The van der Waals surface area contributed by atoms with Crippen molar-refractivity contribution in [2.24, 2.45) is 0 Å². The number of halogens is 1. The molecule has 2 rings (SSSR count). The van der Waals surface area contributed by atoms with E-state index in [9.17, 15) is 0 Å². The lowest BCUT2D eigenvalue weighted by Crippen LogP contribution is -2.21. The molecule has 0 bridgehead atoms. The molecule has 0 unspecified atom stereocenters. The Kier molecular flexibility index (Phi) is 5.12. The van der Waals surface area contributed by atoms with Gasteiger partial charge in [-0.05, 0) is 47.6 Å². The molecule has 3 nitrogen and oxygen atoms in total. The monoisotopic (exact) mass is 335 g/mol. The molecule has 0 saturated heterocycles. The maximum absolute atomic E-state index is 5.75. The van der Waals surface area contributed by atoms with Crippen LogP contribution in [0.15, 0.2) is 16.5 Å². The number of nitrogens with one attached hydrogen (secondary N) is 1. The first kappa shape index (κ1) is 12.4. The summed E-state index contributed by atoms with van der Waals surface area (Å²) in [6.45, 7) is 2.49. The molecule has 1 fully saturated rings. The first-order valence-corrected chi connectivity index (χ1v) is 6.99. The third-order valence-corrected chi connectivity index (χ3v) is 3.44. The number of hydrogen-bond acceptors (Lipinski definition) is 3. The molecule has 0 amide bonds. The Morgan fingerprint density at radius 1 is 1.38 bits per heavy atom. The van der Waals surface area contributed by atoms with E-state index in [-0.39, 0.29) is 0 Å². The lowest BCUT2D eigenvalue weighted by Gasteiger charge is -2.10. The molecule has 0 aliphatic heterocycles. The van der Waals surface area contributed by atoms with E-state index < -0.39 is 0 Å². The van der Waals surface area contributed by atoms with E-state index >= 15 is 0 Å². The van der Waals surface area contributed by atoms with Crippen molar-refractivity contribution >= 4 is 22.6 Å². The van der Waals surface area contributed by atoms with Crippen molar-refractivity contribution < 1.29 is 9.15 Å². The Morgan fingerprint density at radius 2 is 2.19 bits per heavy atom. The van der Waals surface area contributed by atoms with E-state index in [1.165, 1.54) is 25.7 Å². The van der Waals surface area contributed by atoms with Gasteiger partial charge in [-0.15, -0.1) is 0 Å². The van der Waals surface area contributed by atoms with Crippen molar-refractivity contribution in [3.8, 4) is 0 Å². The largest absolute Gasteiger partial charge is 0.454 e. The van der Waals surface area contributed by atoms with Crippen LogP contribution in [-0.4, -0.2) is 19.3 Å². The summed E-state index contributed by atoms with van der Waals surface area (Å²) in [5.41, 5.74) is 0. The maximum Gasteiger partial charge on any atom is 0.164 e. The lowest BCUT2D eigenvalue weighted by molar-refractivity contribution is 0.0601. The molecule has 1 aliphatic rings. The van der Waals surface area contributed by atoms with Gasteiger partial charge in [0.2, 0.25) is 0 Å². The van der Waals surface area contributed by atoms with Crippen molar-refractivity contribution in [2.75, 3.05) is 13.2 Å². The minimum atomic E-state index is 0.520. The second-order valence-electron chi connectivity index (χ2n) is 4.16. The van der Waals surface area contributed by atoms with Gasteiger partial charge in [0.05, 0.1) is 19.3 Å². The molecule has 0 aromatic carbocycles. The number of rotatable bonds is 6. The molecule has 1 heterocycles. The zero-order valence-corrected chi connectivity index (χ0v) is 11.5. The van der Waals surface area contributed by atoms with Gasteiger partial charge in [0.15, 0.2) is 3.77 Å². The molecule has 0 atom stereocenters. The van der Waals surface area contributed by atoms with Crippen LogP contribution in [0, 0.1) is 3.77 Å². The normalized spacial score (nSPS) is 17.1. The third kappa shape index (κ3) is 4.07. The summed E-state index contributed by atoms with van der Waals surface area (Å²) in [7, 11) is 0. The quantitative estimate of drug-likeness (QED) is 0.641. The molecule has 90 valence electrons. The SMILES string of the molecule is Ic1ccc(CNCCOC2CCCC2)o1. The molecule has 0 radical (unpaired) electrons. The van der Waals surface area contributed by atoms with Crippen LogP contribution in [0.25, 0.3) is 0 Å². The second kappa shape index (κ2) is 6.61. The summed E-state index contributed by atoms with van der Waals surface area (Å²) in [6, 6.07) is 3.99. The van der Waals surface area contributed by atoms with Gasteiger partial charge < -0.3 is 14.5 Å². The number of hydrogen-bond donors (Lipinski definition) is 1. The van der Waals surface area contributed by atoms with Crippen LogP contribution in [0.4, 0.5) is 0 Å². The van der Waals surface area contributed by atoms with E-state index in [1.807, 2.05) is 12.1 Å². The summed E-state index contributed by atoms with van der Waals surface area (Å²) >= 11 is 2.18. The highest BCUT2D eigenvalue weighted by Crippen LogP contribution is 2.20. The Balaban J connectivity index is 1.51. The fraction of sp³-hybridized carbons (Fsp3) is 0.667. The van der Waals surface area contributed by atoms with Crippen molar-refractivity contribution in [2.45, 2.75) is 38.3 Å². The summed E-state index contributed by atoms with van der Waals surface area (Å²) in [5.74, 6) is 0.991. The molecular formula is C12H18INO2. The Morgan fingerprint density at radius 3 is 2.88 bits per heavy atom. The van der Waals surface area contributed by atoms with Gasteiger partial charge in [0.25, 0.3) is 0 Å². The van der Waals surface area contributed by atoms with E-state index in [0.29, 0.717) is 6.10 Å². The summed E-state index contributed by atoms with van der Waals surface area (Å²) < 4.78 is 12.1. The number of furan rings is 1. The van der Waals surface area contributed by atoms with Crippen molar-refractivity contribution in [3.63, 3.8) is 0 Å². The topological polar surface area (TPSA) is 34.4 Å². The minimum Gasteiger partial charge on any atom is -0.454 e. The first-order valence-electron chi connectivity index (χ1n) is 5.91. The van der Waals surface area contributed by atoms with E-state index in [4.69, 9.17) is 9.15 Å². The Hall–Kier alpha value is -0.0700. The second-order valence-corrected chi connectivity index (χ2v) is 5.22. The van der Waals surface area contributed by atoms with Crippen LogP contribution in [0.1, 0.15) is 31.4 Å². The summed E-state index contributed by atoms with van der Waals surface area (Å²) in [6.07, 6.45) is 5.69. The fourth-order valence-corrected chi connectivity index (χ4v) is 2.47. The van der Waals surface area contributed by atoms with Crippen LogP contribution < -0.4 is 5.32 Å². The highest BCUT2D eigenvalue weighted by atomic mass is 127. The van der Waals surface area contributed by atoms with Crippen LogP contribution >= 0.6 is 22.6 Å². The van der Waals surface area contributed by atoms with Crippen molar-refractivity contribution in [1.29, 1.82) is 0 Å². The molecule has 1 aromatic heterocycles. The fourth-order valence-electron chi connectivity index (χ4n) is 2.01. The zero-order valence-electron chi connectivity index (χ0n) is 9.38. The maximum atomic E-state index is 5.75. The van der Waals surface area contributed by atoms with Gasteiger partial charge in [0.1, 0.15) is 5.76 Å². The standard InChI is InChI=1S/C12H18INO2/c13-12-6-5-11(16-12)9-14-7-8-15-10-3-1-2-4-10/h5-6,10,14H,1-4,7-9H2. The average Bonchev–Trinajstić information content (AvgIpc) is 2.89. The molecule has 1 aromatic rings. The predicted octanol–water partition coefficient (Wildman–Crippen LogP) is 2.93. The van der Waals surface area contributed by atoms with Gasteiger partial charge in [0, 0.05) is 6.54 Å². The van der Waals surface area contributed by atoms with Crippen LogP contribution in [0.5, 0.6) is 0 Å². The molecule has 1 N–H and O–H groups in total. The Bertz CT molecular complexity index is 308. The molecular weight excluding hydrogens is 317 g/mol. The molecule has 0 spiro atoms. The smallest absolute Gasteiger partial charge is 0.164 e. The van der Waals surface area contributed by atoms with E-state index in [0.717, 1.165) is 29.2 Å². The predicted molar refractivity (Wildman–Crippen MR) is 71.3 cm³/mol. The molecule has 16 heavy (non-hydrogen) atoms. The van der Waals surface area contributed by atoms with Gasteiger partial charge in [-0.1, -0.05) is 12.8 Å². The number of ether oxygens (including phenoxy) is 1. The highest BCUT2D eigenvalue weighted by Gasteiger charge is 2.14. The van der Waals surface area contributed by atoms with Gasteiger partial charge in [-0.3, -0.25) is 0 Å². The minimum absolute atomic E-state index is 0.520. The van der Waals surface area contributed by atoms with E-state index in [2.05, 4.69) is 27.9 Å². The molecule has 1 aliphatic carbocycles. The van der Waals surface area contributed by atoms with Gasteiger partial charge in [-0.25, -0.2) is 0 Å². The van der Waals surface area contributed by atoms with Crippen LogP contribution in [-0.2, 0) is 11.3 Å². The molecule has 1 saturated carbocycles.